The molecule has 0 aliphatic carbocycles. The molecular weight excluding hydrogens is 342 g/mol. The maximum Gasteiger partial charge on any atom is 0.224 e. The standard InChI is InChI=1S/C20H29N5O2/c1-14-10-19(23-20(22-14)21-7-9-24(2)3)25-8-6-15-11-17(26-4)18(27-5)12-16(15)13-25/h10-12H,6-9,13H2,1-5H3,(H,21,22,23). The molecule has 2 aromatic rings. The largest absolute Gasteiger partial charge is 0.493 e. The number of likely N-dealkylation sites (N-methyl/N-ethyl adjacent to an activating group) is 1. The van der Waals surface area contributed by atoms with Crippen molar-refractivity contribution in [3.05, 3.63) is 35.0 Å². The van der Waals surface area contributed by atoms with Gasteiger partial charge in [0.05, 0.1) is 14.2 Å². The van der Waals surface area contributed by atoms with E-state index in [-0.39, 0.29) is 0 Å². The lowest BCUT2D eigenvalue weighted by Crippen LogP contribution is -2.31. The summed E-state index contributed by atoms with van der Waals surface area (Å²) in [5.74, 6) is 3.19. The summed E-state index contributed by atoms with van der Waals surface area (Å²) in [4.78, 5) is 13.7. The Hall–Kier alpha value is -2.54. The molecule has 7 nitrogen and oxygen atoms in total. The molecule has 0 radical (unpaired) electrons. The average Bonchev–Trinajstić information content (AvgIpc) is 2.65. The van der Waals surface area contributed by atoms with E-state index in [0.29, 0.717) is 5.95 Å². The molecule has 2 heterocycles. The number of fused-ring (bicyclic) bond motifs is 1. The van der Waals surface area contributed by atoms with Crippen LogP contribution in [0.2, 0.25) is 0 Å². The fraction of sp³-hybridized carbons (Fsp3) is 0.500. The summed E-state index contributed by atoms with van der Waals surface area (Å²) in [6.07, 6.45) is 0.947. The third-order valence-electron chi connectivity index (χ3n) is 4.72. The predicted octanol–water partition coefficient (Wildman–Crippen LogP) is 2.34. The minimum atomic E-state index is 0.685. The van der Waals surface area contributed by atoms with Gasteiger partial charge in [-0.15, -0.1) is 0 Å². The number of rotatable bonds is 7. The van der Waals surface area contributed by atoms with Crippen molar-refractivity contribution in [2.24, 2.45) is 0 Å². The highest BCUT2D eigenvalue weighted by atomic mass is 16.5. The van der Waals surface area contributed by atoms with Gasteiger partial charge in [0, 0.05) is 37.9 Å². The first-order chi connectivity index (χ1) is 13.0. The number of anilines is 2. The van der Waals surface area contributed by atoms with Crippen molar-refractivity contribution in [1.29, 1.82) is 0 Å². The number of aromatic nitrogens is 2. The van der Waals surface area contributed by atoms with Gasteiger partial charge in [0.15, 0.2) is 11.5 Å². The third-order valence-corrected chi connectivity index (χ3v) is 4.72. The van der Waals surface area contributed by atoms with Crippen LogP contribution in [0.25, 0.3) is 0 Å². The molecule has 27 heavy (non-hydrogen) atoms. The monoisotopic (exact) mass is 371 g/mol. The zero-order valence-corrected chi connectivity index (χ0v) is 16.9. The van der Waals surface area contributed by atoms with E-state index in [0.717, 1.165) is 55.6 Å². The highest BCUT2D eigenvalue weighted by Gasteiger charge is 2.21. The van der Waals surface area contributed by atoms with Crippen LogP contribution in [-0.4, -0.2) is 62.8 Å². The van der Waals surface area contributed by atoms with E-state index in [1.165, 1.54) is 11.1 Å². The number of hydrogen-bond acceptors (Lipinski definition) is 7. The van der Waals surface area contributed by atoms with Crippen molar-refractivity contribution < 1.29 is 9.47 Å². The second-order valence-electron chi connectivity index (χ2n) is 7.07. The highest BCUT2D eigenvalue weighted by molar-refractivity contribution is 5.53. The zero-order chi connectivity index (χ0) is 19.4. The Bertz CT molecular complexity index is 794. The van der Waals surface area contributed by atoms with Gasteiger partial charge in [-0.25, -0.2) is 4.98 Å². The fourth-order valence-electron chi connectivity index (χ4n) is 3.26. The molecule has 0 saturated heterocycles. The molecule has 0 bridgehead atoms. The number of nitrogens with one attached hydrogen (secondary N) is 1. The van der Waals surface area contributed by atoms with Crippen LogP contribution in [0.4, 0.5) is 11.8 Å². The molecule has 3 rings (SSSR count). The summed E-state index contributed by atoms with van der Waals surface area (Å²) in [6, 6.07) is 6.21. The molecule has 1 aliphatic rings. The number of hydrogen-bond donors (Lipinski definition) is 1. The Morgan fingerprint density at radius 1 is 1.07 bits per heavy atom. The molecule has 7 heteroatoms. The fourth-order valence-corrected chi connectivity index (χ4v) is 3.26. The van der Waals surface area contributed by atoms with E-state index in [4.69, 9.17) is 14.5 Å². The third kappa shape index (κ3) is 4.60. The van der Waals surface area contributed by atoms with Crippen LogP contribution >= 0.6 is 0 Å². The SMILES string of the molecule is COc1cc2c(cc1OC)CN(c1cc(C)nc(NCCN(C)C)n1)CC2. The molecule has 146 valence electrons. The van der Waals surface area contributed by atoms with Crippen LogP contribution in [0.15, 0.2) is 18.2 Å². The van der Waals surface area contributed by atoms with Gasteiger partial charge in [0.25, 0.3) is 0 Å². The number of methoxy groups -OCH3 is 2. The van der Waals surface area contributed by atoms with Crippen LogP contribution in [0, 0.1) is 6.92 Å². The van der Waals surface area contributed by atoms with Crippen molar-refractivity contribution in [2.45, 2.75) is 19.9 Å². The lowest BCUT2D eigenvalue weighted by Gasteiger charge is -2.30. The molecule has 0 amide bonds. The van der Waals surface area contributed by atoms with Crippen molar-refractivity contribution >= 4 is 11.8 Å². The molecule has 1 aromatic heterocycles. The van der Waals surface area contributed by atoms with Gasteiger partial charge >= 0.3 is 0 Å². The van der Waals surface area contributed by atoms with Crippen LogP contribution in [0.1, 0.15) is 16.8 Å². The maximum atomic E-state index is 5.46. The first-order valence-corrected chi connectivity index (χ1v) is 9.23. The van der Waals surface area contributed by atoms with Crippen LogP contribution in [0.3, 0.4) is 0 Å². The molecular formula is C20H29N5O2. The Kier molecular flexibility index (Phi) is 6.01. The van der Waals surface area contributed by atoms with Crippen molar-refractivity contribution in [2.75, 3.05) is 58.2 Å². The summed E-state index contributed by atoms with van der Waals surface area (Å²) >= 11 is 0. The Labute approximate surface area is 161 Å². The minimum absolute atomic E-state index is 0.685. The van der Waals surface area contributed by atoms with E-state index in [2.05, 4.69) is 46.3 Å². The summed E-state index contributed by atoms with van der Waals surface area (Å²) in [5, 5.41) is 3.32. The number of nitrogens with zero attached hydrogens (tertiary/aromatic N) is 4. The van der Waals surface area contributed by atoms with E-state index in [9.17, 15) is 0 Å². The number of aryl methyl sites for hydroxylation is 1. The summed E-state index contributed by atoms with van der Waals surface area (Å²) in [6.45, 7) is 5.47. The van der Waals surface area contributed by atoms with E-state index >= 15 is 0 Å². The molecule has 0 fully saturated rings. The highest BCUT2D eigenvalue weighted by Crippen LogP contribution is 2.34. The molecule has 0 unspecified atom stereocenters. The minimum Gasteiger partial charge on any atom is -0.493 e. The van der Waals surface area contributed by atoms with Crippen molar-refractivity contribution in [3.8, 4) is 11.5 Å². The van der Waals surface area contributed by atoms with Gasteiger partial charge in [-0.3, -0.25) is 0 Å². The molecule has 0 saturated carbocycles. The summed E-state index contributed by atoms with van der Waals surface area (Å²) < 4.78 is 10.9. The number of benzene rings is 1. The van der Waals surface area contributed by atoms with Crippen molar-refractivity contribution in [3.63, 3.8) is 0 Å². The average molecular weight is 371 g/mol. The van der Waals surface area contributed by atoms with Gasteiger partial charge in [-0.1, -0.05) is 0 Å². The molecule has 1 aromatic carbocycles. The van der Waals surface area contributed by atoms with Gasteiger partial charge in [0.1, 0.15) is 5.82 Å². The Morgan fingerprint density at radius 2 is 1.78 bits per heavy atom. The Morgan fingerprint density at radius 3 is 2.44 bits per heavy atom. The molecule has 0 spiro atoms. The number of ether oxygens (including phenoxy) is 2. The molecule has 0 atom stereocenters. The zero-order valence-electron chi connectivity index (χ0n) is 16.9. The Balaban J connectivity index is 1.79. The second-order valence-corrected chi connectivity index (χ2v) is 7.07. The van der Waals surface area contributed by atoms with Crippen LogP contribution < -0.4 is 19.7 Å². The lowest BCUT2D eigenvalue weighted by atomic mass is 9.99. The summed E-state index contributed by atoms with van der Waals surface area (Å²) in [5.41, 5.74) is 3.52. The van der Waals surface area contributed by atoms with Gasteiger partial charge in [-0.05, 0) is 50.7 Å². The van der Waals surface area contributed by atoms with E-state index in [1.807, 2.05) is 13.0 Å². The second kappa shape index (κ2) is 8.43. The van der Waals surface area contributed by atoms with Gasteiger partial charge in [0.2, 0.25) is 5.95 Å². The van der Waals surface area contributed by atoms with Crippen LogP contribution in [0.5, 0.6) is 11.5 Å². The van der Waals surface area contributed by atoms with Crippen molar-refractivity contribution in [1.82, 2.24) is 14.9 Å². The first-order valence-electron chi connectivity index (χ1n) is 9.23. The summed E-state index contributed by atoms with van der Waals surface area (Å²) in [7, 11) is 7.45. The van der Waals surface area contributed by atoms with E-state index in [1.54, 1.807) is 14.2 Å². The molecule has 1 aliphatic heterocycles. The lowest BCUT2D eigenvalue weighted by molar-refractivity contribution is 0.353. The van der Waals surface area contributed by atoms with Crippen LogP contribution in [-0.2, 0) is 13.0 Å². The normalized spacial score (nSPS) is 13.5. The molecule has 1 N–H and O–H groups in total. The first kappa shape index (κ1) is 19.2. The van der Waals surface area contributed by atoms with Gasteiger partial charge < -0.3 is 24.6 Å². The smallest absolute Gasteiger partial charge is 0.224 e. The topological polar surface area (TPSA) is 62.8 Å². The van der Waals surface area contributed by atoms with Gasteiger partial charge in [-0.2, -0.15) is 4.98 Å². The maximum absolute atomic E-state index is 5.46. The quantitative estimate of drug-likeness (QED) is 0.801. The van der Waals surface area contributed by atoms with E-state index < -0.39 is 0 Å². The predicted molar refractivity (Wildman–Crippen MR) is 108 cm³/mol.